The molecule has 2 fully saturated rings. The quantitative estimate of drug-likeness (QED) is 0.701. The van der Waals surface area contributed by atoms with Crippen LogP contribution in [0.5, 0.6) is 0 Å². The molecular weight excluding hydrogens is 194 g/mol. The smallest absolute Gasteiger partial charge is 0.310 e. The third-order valence-electron chi connectivity index (χ3n) is 3.08. The highest BCUT2D eigenvalue weighted by atomic mass is 16.6. The van der Waals surface area contributed by atoms with Crippen molar-refractivity contribution in [2.75, 3.05) is 26.3 Å². The zero-order valence-corrected chi connectivity index (χ0v) is 9.04. The molecule has 2 heterocycles. The van der Waals surface area contributed by atoms with Crippen molar-refractivity contribution in [2.24, 2.45) is 5.92 Å². The van der Waals surface area contributed by atoms with Gasteiger partial charge >= 0.3 is 5.97 Å². The van der Waals surface area contributed by atoms with Crippen molar-refractivity contribution in [2.45, 2.75) is 31.8 Å². The largest absolute Gasteiger partial charge is 0.463 e. The highest BCUT2D eigenvalue weighted by molar-refractivity contribution is 5.73. The summed E-state index contributed by atoms with van der Waals surface area (Å²) in [4.78, 5) is 11.6. The van der Waals surface area contributed by atoms with Crippen molar-refractivity contribution in [1.82, 2.24) is 5.32 Å². The average molecular weight is 213 g/mol. The maximum atomic E-state index is 11.6. The van der Waals surface area contributed by atoms with E-state index in [9.17, 15) is 4.79 Å². The Bertz CT molecular complexity index is 208. The first-order chi connectivity index (χ1) is 7.36. The van der Waals surface area contributed by atoms with Crippen LogP contribution in [-0.4, -0.2) is 38.4 Å². The fourth-order valence-electron chi connectivity index (χ4n) is 2.09. The molecule has 0 aromatic heterocycles. The molecule has 0 aromatic rings. The fraction of sp³-hybridized carbons (Fsp3) is 0.909. The molecule has 4 nitrogen and oxygen atoms in total. The van der Waals surface area contributed by atoms with Gasteiger partial charge in [0.2, 0.25) is 0 Å². The van der Waals surface area contributed by atoms with Gasteiger partial charge in [-0.15, -0.1) is 0 Å². The summed E-state index contributed by atoms with van der Waals surface area (Å²) in [7, 11) is 0. The lowest BCUT2D eigenvalue weighted by Gasteiger charge is -2.22. The van der Waals surface area contributed by atoms with Crippen LogP contribution < -0.4 is 5.32 Å². The van der Waals surface area contributed by atoms with Gasteiger partial charge in [-0.05, 0) is 32.2 Å². The summed E-state index contributed by atoms with van der Waals surface area (Å²) in [5, 5.41) is 3.16. The molecule has 2 rings (SSSR count). The van der Waals surface area contributed by atoms with Crippen molar-refractivity contribution >= 4 is 5.97 Å². The Morgan fingerprint density at radius 3 is 3.00 bits per heavy atom. The first-order valence-corrected chi connectivity index (χ1v) is 5.85. The second-order valence-electron chi connectivity index (χ2n) is 4.31. The van der Waals surface area contributed by atoms with Gasteiger partial charge in [-0.2, -0.15) is 0 Å². The van der Waals surface area contributed by atoms with Crippen LogP contribution in [0.1, 0.15) is 25.7 Å². The van der Waals surface area contributed by atoms with E-state index in [0.29, 0.717) is 6.61 Å². The lowest BCUT2D eigenvalue weighted by atomic mass is 10.1. The number of hydrogen-bond donors (Lipinski definition) is 1. The molecule has 0 bridgehead atoms. The molecule has 4 heteroatoms. The first-order valence-electron chi connectivity index (χ1n) is 5.85. The van der Waals surface area contributed by atoms with Crippen LogP contribution in [0, 0.1) is 5.92 Å². The summed E-state index contributed by atoms with van der Waals surface area (Å²) in [5.41, 5.74) is 0. The van der Waals surface area contributed by atoms with E-state index in [1.165, 1.54) is 6.42 Å². The van der Waals surface area contributed by atoms with Gasteiger partial charge in [-0.3, -0.25) is 4.79 Å². The molecule has 0 spiro atoms. The van der Waals surface area contributed by atoms with Gasteiger partial charge in [0, 0.05) is 13.2 Å². The monoisotopic (exact) mass is 213 g/mol. The van der Waals surface area contributed by atoms with E-state index in [-0.39, 0.29) is 18.0 Å². The number of carbonyl (C=O) groups is 1. The fourth-order valence-corrected chi connectivity index (χ4v) is 2.09. The minimum Gasteiger partial charge on any atom is -0.463 e. The van der Waals surface area contributed by atoms with Gasteiger partial charge in [0.25, 0.3) is 0 Å². The van der Waals surface area contributed by atoms with Crippen molar-refractivity contribution < 1.29 is 14.3 Å². The number of nitrogens with one attached hydrogen (secondary N) is 1. The highest BCUT2D eigenvalue weighted by Gasteiger charge is 2.25. The van der Waals surface area contributed by atoms with Gasteiger partial charge in [0.15, 0.2) is 0 Å². The lowest BCUT2D eigenvalue weighted by Crippen LogP contribution is -2.28. The van der Waals surface area contributed by atoms with Gasteiger partial charge in [0.05, 0.1) is 12.0 Å². The van der Waals surface area contributed by atoms with E-state index in [1.807, 2.05) is 0 Å². The summed E-state index contributed by atoms with van der Waals surface area (Å²) in [6.07, 6.45) is 4.39. The summed E-state index contributed by atoms with van der Waals surface area (Å²) >= 11 is 0. The molecule has 0 radical (unpaired) electrons. The number of rotatable bonds is 3. The predicted molar refractivity (Wildman–Crippen MR) is 55.5 cm³/mol. The third-order valence-corrected chi connectivity index (χ3v) is 3.08. The lowest BCUT2D eigenvalue weighted by molar-refractivity contribution is -0.153. The van der Waals surface area contributed by atoms with E-state index < -0.39 is 0 Å². The summed E-state index contributed by atoms with van der Waals surface area (Å²) in [5.74, 6) is 0.00256. The van der Waals surface area contributed by atoms with Crippen molar-refractivity contribution in [3.8, 4) is 0 Å². The van der Waals surface area contributed by atoms with E-state index in [1.54, 1.807) is 0 Å². The summed E-state index contributed by atoms with van der Waals surface area (Å²) in [6, 6.07) is 0. The van der Waals surface area contributed by atoms with Crippen LogP contribution in [0.25, 0.3) is 0 Å². The molecular formula is C11H19NO3. The highest BCUT2D eigenvalue weighted by Crippen LogP contribution is 2.14. The summed E-state index contributed by atoms with van der Waals surface area (Å²) in [6.45, 7) is 2.95. The second kappa shape index (κ2) is 5.47. The summed E-state index contributed by atoms with van der Waals surface area (Å²) < 4.78 is 10.8. The van der Waals surface area contributed by atoms with Gasteiger partial charge < -0.3 is 14.8 Å². The van der Waals surface area contributed by atoms with Gasteiger partial charge in [0.1, 0.15) is 6.61 Å². The molecule has 15 heavy (non-hydrogen) atoms. The van der Waals surface area contributed by atoms with E-state index in [4.69, 9.17) is 9.47 Å². The van der Waals surface area contributed by atoms with E-state index >= 15 is 0 Å². The van der Waals surface area contributed by atoms with E-state index in [0.717, 1.165) is 39.0 Å². The Labute approximate surface area is 90.3 Å². The SMILES string of the molecule is O=C(OCC1CCCCO1)C1CCNC1. The van der Waals surface area contributed by atoms with Gasteiger partial charge in [-0.25, -0.2) is 0 Å². The predicted octanol–water partition coefficient (Wildman–Crippen LogP) is 0.708. The molecule has 2 unspecified atom stereocenters. The first kappa shape index (κ1) is 10.9. The van der Waals surface area contributed by atoms with Crippen LogP contribution in [0.2, 0.25) is 0 Å². The van der Waals surface area contributed by atoms with Crippen molar-refractivity contribution in [3.63, 3.8) is 0 Å². The minimum atomic E-state index is -0.0610. The topological polar surface area (TPSA) is 47.6 Å². The maximum absolute atomic E-state index is 11.6. The molecule has 0 saturated carbocycles. The molecule has 1 N–H and O–H groups in total. The molecule has 0 aliphatic carbocycles. The minimum absolute atomic E-state index is 0.0610. The van der Waals surface area contributed by atoms with Crippen LogP contribution in [0.15, 0.2) is 0 Å². The Morgan fingerprint density at radius 2 is 2.33 bits per heavy atom. The molecule has 2 aliphatic heterocycles. The van der Waals surface area contributed by atoms with Crippen molar-refractivity contribution in [3.05, 3.63) is 0 Å². The zero-order chi connectivity index (χ0) is 10.5. The Kier molecular flexibility index (Phi) is 3.97. The normalized spacial score (nSPS) is 31.5. The zero-order valence-electron chi connectivity index (χ0n) is 9.04. The Hall–Kier alpha value is -0.610. The molecule has 0 amide bonds. The Morgan fingerprint density at radius 1 is 1.40 bits per heavy atom. The number of hydrogen-bond acceptors (Lipinski definition) is 4. The molecule has 86 valence electrons. The van der Waals surface area contributed by atoms with Crippen LogP contribution in [-0.2, 0) is 14.3 Å². The standard InChI is InChI=1S/C11H19NO3/c13-11(9-4-5-12-7-9)15-8-10-3-1-2-6-14-10/h9-10,12H,1-8H2. The van der Waals surface area contributed by atoms with E-state index in [2.05, 4.69) is 5.32 Å². The van der Waals surface area contributed by atoms with Crippen LogP contribution >= 0.6 is 0 Å². The number of esters is 1. The second-order valence-corrected chi connectivity index (χ2v) is 4.31. The number of carbonyl (C=O) groups excluding carboxylic acids is 1. The van der Waals surface area contributed by atoms with Crippen LogP contribution in [0.4, 0.5) is 0 Å². The molecule has 0 aromatic carbocycles. The molecule has 2 saturated heterocycles. The van der Waals surface area contributed by atoms with Crippen molar-refractivity contribution in [1.29, 1.82) is 0 Å². The van der Waals surface area contributed by atoms with Crippen LogP contribution in [0.3, 0.4) is 0 Å². The molecule has 2 aliphatic rings. The maximum Gasteiger partial charge on any atom is 0.310 e. The average Bonchev–Trinajstić information content (AvgIpc) is 2.81. The number of ether oxygens (including phenoxy) is 2. The van der Waals surface area contributed by atoms with Gasteiger partial charge in [-0.1, -0.05) is 0 Å². The Balaban J connectivity index is 1.65. The third kappa shape index (κ3) is 3.18. The molecule has 2 atom stereocenters.